The second-order valence-corrected chi connectivity index (χ2v) is 7.65. The molecule has 4 aromatic carbocycles. The van der Waals surface area contributed by atoms with Crippen LogP contribution in [0.5, 0.6) is 0 Å². The van der Waals surface area contributed by atoms with Gasteiger partial charge in [0.2, 0.25) is 0 Å². The molecule has 0 unspecified atom stereocenters. The first-order valence-electron chi connectivity index (χ1n) is 10.3. The number of benzene rings is 4. The van der Waals surface area contributed by atoms with Crippen molar-refractivity contribution in [3.8, 4) is 11.1 Å². The molecule has 0 spiro atoms. The van der Waals surface area contributed by atoms with Crippen LogP contribution in [0.3, 0.4) is 0 Å². The first-order chi connectivity index (χ1) is 14.7. The first kappa shape index (κ1) is 20.2. The third-order valence-electron chi connectivity index (χ3n) is 5.76. The largest absolute Gasteiger partial charge is 0.395 e. The van der Waals surface area contributed by atoms with Crippen LogP contribution in [0.25, 0.3) is 32.7 Å². The van der Waals surface area contributed by atoms with Crippen molar-refractivity contribution < 1.29 is 10.2 Å². The number of hydrogen-bond acceptors (Lipinski definition) is 4. The van der Waals surface area contributed by atoms with Crippen LogP contribution in [0, 0.1) is 0 Å². The molecule has 0 atom stereocenters. The molecule has 154 valence electrons. The maximum atomic E-state index is 9.58. The fourth-order valence-electron chi connectivity index (χ4n) is 4.22. The van der Waals surface area contributed by atoms with Crippen LogP contribution in [0.15, 0.2) is 72.8 Å². The molecule has 4 heteroatoms. The first-order valence-corrected chi connectivity index (χ1v) is 10.3. The maximum absolute atomic E-state index is 9.58. The zero-order chi connectivity index (χ0) is 21.1. The Morgan fingerprint density at radius 3 is 1.37 bits per heavy atom. The molecule has 0 heterocycles. The smallest absolute Gasteiger partial charge is 0.0606 e. The highest BCUT2D eigenvalue weighted by Gasteiger charge is 2.20. The summed E-state index contributed by atoms with van der Waals surface area (Å²) in [5.74, 6) is 0. The van der Waals surface area contributed by atoms with E-state index < -0.39 is 0 Å². The Balaban J connectivity index is 2.13. The average Bonchev–Trinajstić information content (AvgIpc) is 2.78. The van der Waals surface area contributed by atoms with E-state index in [2.05, 4.69) is 82.6 Å². The Bertz CT molecular complexity index is 1080. The van der Waals surface area contributed by atoms with Gasteiger partial charge in [0.15, 0.2) is 0 Å². The summed E-state index contributed by atoms with van der Waals surface area (Å²) in [6.45, 7) is 1.29. The van der Waals surface area contributed by atoms with Crippen LogP contribution >= 0.6 is 0 Å². The van der Waals surface area contributed by atoms with E-state index in [1.54, 1.807) is 0 Å². The third kappa shape index (κ3) is 3.60. The van der Waals surface area contributed by atoms with Gasteiger partial charge in [0, 0.05) is 49.7 Å². The molecule has 0 saturated carbocycles. The Labute approximate surface area is 177 Å². The minimum absolute atomic E-state index is 0.0928. The summed E-state index contributed by atoms with van der Waals surface area (Å²) in [6.07, 6.45) is 0. The minimum Gasteiger partial charge on any atom is -0.395 e. The van der Waals surface area contributed by atoms with Crippen molar-refractivity contribution in [2.45, 2.75) is 0 Å². The van der Waals surface area contributed by atoms with Crippen LogP contribution in [0.2, 0.25) is 0 Å². The molecule has 30 heavy (non-hydrogen) atoms. The number of anilines is 2. The normalized spacial score (nSPS) is 11.2. The molecular weight excluding hydrogens is 372 g/mol. The van der Waals surface area contributed by atoms with E-state index in [-0.39, 0.29) is 13.2 Å². The molecule has 0 bridgehead atoms. The van der Waals surface area contributed by atoms with Crippen molar-refractivity contribution in [1.29, 1.82) is 0 Å². The molecule has 0 radical (unpaired) electrons. The van der Waals surface area contributed by atoms with Crippen LogP contribution in [-0.2, 0) is 0 Å². The lowest BCUT2D eigenvalue weighted by Crippen LogP contribution is -2.23. The number of aliphatic hydroxyl groups excluding tert-OH is 2. The number of aliphatic hydroxyl groups is 2. The Hall–Kier alpha value is -3.08. The van der Waals surface area contributed by atoms with Crippen molar-refractivity contribution in [2.75, 3.05) is 50.2 Å². The van der Waals surface area contributed by atoms with E-state index in [9.17, 15) is 10.2 Å². The molecule has 0 saturated heterocycles. The van der Waals surface area contributed by atoms with Crippen molar-refractivity contribution in [3.05, 3.63) is 72.8 Å². The monoisotopic (exact) mass is 400 g/mol. The van der Waals surface area contributed by atoms with Gasteiger partial charge in [0.1, 0.15) is 0 Å². The predicted octanol–water partition coefficient (Wildman–Crippen LogP) is 4.52. The quantitative estimate of drug-likeness (QED) is 0.479. The molecule has 4 nitrogen and oxygen atoms in total. The molecule has 4 aromatic rings. The van der Waals surface area contributed by atoms with Crippen molar-refractivity contribution in [3.63, 3.8) is 0 Å². The van der Waals surface area contributed by atoms with Gasteiger partial charge in [0.25, 0.3) is 0 Å². The second kappa shape index (κ2) is 8.74. The van der Waals surface area contributed by atoms with Crippen LogP contribution in [0.1, 0.15) is 0 Å². The lowest BCUT2D eigenvalue weighted by atomic mass is 9.90. The van der Waals surface area contributed by atoms with Gasteiger partial charge in [-0.3, -0.25) is 0 Å². The molecule has 0 amide bonds. The summed E-state index contributed by atoms with van der Waals surface area (Å²) in [5, 5.41) is 23.9. The highest BCUT2D eigenvalue weighted by Crippen LogP contribution is 2.45. The topological polar surface area (TPSA) is 46.9 Å². The summed E-state index contributed by atoms with van der Waals surface area (Å²) in [6, 6.07) is 25.4. The van der Waals surface area contributed by atoms with Gasteiger partial charge in [-0.05, 0) is 33.7 Å². The lowest BCUT2D eigenvalue weighted by molar-refractivity contribution is 0.303. The van der Waals surface area contributed by atoms with E-state index in [1.807, 2.05) is 14.1 Å². The fourth-order valence-corrected chi connectivity index (χ4v) is 4.22. The molecule has 0 aliphatic carbocycles. The number of hydrogen-bond donors (Lipinski definition) is 2. The predicted molar refractivity (Wildman–Crippen MR) is 128 cm³/mol. The fraction of sp³-hybridized carbons (Fsp3) is 0.231. The van der Waals surface area contributed by atoms with Crippen LogP contribution in [-0.4, -0.2) is 50.6 Å². The van der Waals surface area contributed by atoms with Crippen molar-refractivity contribution in [1.82, 2.24) is 0 Å². The molecule has 2 N–H and O–H groups in total. The van der Waals surface area contributed by atoms with Gasteiger partial charge < -0.3 is 20.0 Å². The zero-order valence-electron chi connectivity index (χ0n) is 17.5. The summed E-state index contributed by atoms with van der Waals surface area (Å²) in [7, 11) is 4.04. The van der Waals surface area contributed by atoms with E-state index in [4.69, 9.17) is 0 Å². The number of nitrogens with zero attached hydrogens (tertiary/aromatic N) is 2. The molecule has 0 aromatic heterocycles. The van der Waals surface area contributed by atoms with E-state index >= 15 is 0 Å². The van der Waals surface area contributed by atoms with Gasteiger partial charge in [-0.2, -0.15) is 0 Å². The van der Waals surface area contributed by atoms with Gasteiger partial charge in [0.05, 0.1) is 13.2 Å². The summed E-state index contributed by atoms with van der Waals surface area (Å²) in [5.41, 5.74) is 4.47. The molecule has 0 aliphatic heterocycles. The van der Waals surface area contributed by atoms with Gasteiger partial charge in [-0.15, -0.1) is 0 Å². The van der Waals surface area contributed by atoms with Crippen LogP contribution in [0.4, 0.5) is 11.4 Å². The van der Waals surface area contributed by atoms with Crippen LogP contribution < -0.4 is 9.80 Å². The number of likely N-dealkylation sites (N-methyl/N-ethyl adjacent to an activating group) is 2. The second-order valence-electron chi connectivity index (χ2n) is 7.65. The minimum atomic E-state index is 0.0928. The van der Waals surface area contributed by atoms with Crippen molar-refractivity contribution >= 4 is 32.9 Å². The average molecular weight is 401 g/mol. The maximum Gasteiger partial charge on any atom is 0.0606 e. The Kier molecular flexibility index (Phi) is 5.88. The zero-order valence-corrected chi connectivity index (χ0v) is 17.5. The third-order valence-corrected chi connectivity index (χ3v) is 5.76. The SMILES string of the molecule is CN(CCO)c1ccc2ccccc2c1-c1c(N(C)CCO)ccc2ccccc12. The van der Waals surface area contributed by atoms with Gasteiger partial charge >= 0.3 is 0 Å². The van der Waals surface area contributed by atoms with E-state index in [0.29, 0.717) is 13.1 Å². The highest BCUT2D eigenvalue weighted by molar-refractivity contribution is 6.13. The van der Waals surface area contributed by atoms with Gasteiger partial charge in [-0.1, -0.05) is 60.7 Å². The molecule has 0 aliphatic rings. The standard InChI is InChI=1S/C26H28N2O2/c1-27(15-17-29)23-13-11-19-7-3-5-9-21(19)25(23)26-22-10-6-4-8-20(22)12-14-24(26)28(2)16-18-30/h3-14,29-30H,15-18H2,1-2H3. The highest BCUT2D eigenvalue weighted by atomic mass is 16.3. The Morgan fingerprint density at radius 1 is 0.567 bits per heavy atom. The Morgan fingerprint density at radius 2 is 0.967 bits per heavy atom. The van der Waals surface area contributed by atoms with E-state index in [1.165, 1.54) is 21.5 Å². The number of fused-ring (bicyclic) bond motifs is 2. The summed E-state index contributed by atoms with van der Waals surface area (Å²) in [4.78, 5) is 4.22. The van der Waals surface area contributed by atoms with Gasteiger partial charge in [-0.25, -0.2) is 0 Å². The number of rotatable bonds is 7. The molecular formula is C26H28N2O2. The van der Waals surface area contributed by atoms with E-state index in [0.717, 1.165) is 22.5 Å². The molecule has 0 fully saturated rings. The summed E-state index contributed by atoms with van der Waals surface area (Å²) >= 11 is 0. The van der Waals surface area contributed by atoms with Crippen molar-refractivity contribution in [2.24, 2.45) is 0 Å². The summed E-state index contributed by atoms with van der Waals surface area (Å²) < 4.78 is 0. The molecule has 4 rings (SSSR count). The lowest BCUT2D eigenvalue weighted by Gasteiger charge is -2.28.